The van der Waals surface area contributed by atoms with Gasteiger partial charge in [-0.25, -0.2) is 0 Å². The van der Waals surface area contributed by atoms with Crippen LogP contribution in [0.5, 0.6) is 0 Å². The Morgan fingerprint density at radius 3 is 1.79 bits per heavy atom. The first-order valence-electron chi connectivity index (χ1n) is 4.80. The topological polar surface area (TPSA) is 101 Å². The van der Waals surface area contributed by atoms with Crippen molar-refractivity contribution < 1.29 is 25.5 Å². The fourth-order valence-electron chi connectivity index (χ4n) is 1.51. The number of aliphatic hydroxyl groups is 5. The smallest absolute Gasteiger partial charge is 0.0742 e. The lowest BCUT2D eigenvalue weighted by atomic mass is 9.82. The summed E-state index contributed by atoms with van der Waals surface area (Å²) in [5, 5.41) is 45.2. The van der Waals surface area contributed by atoms with Crippen LogP contribution in [0.2, 0.25) is 0 Å². The van der Waals surface area contributed by atoms with Crippen LogP contribution < -0.4 is 0 Å². The Hall–Kier alpha value is -0.200. The van der Waals surface area contributed by atoms with Crippen molar-refractivity contribution in [3.05, 3.63) is 0 Å². The van der Waals surface area contributed by atoms with E-state index >= 15 is 0 Å². The van der Waals surface area contributed by atoms with Crippen molar-refractivity contribution in [2.45, 2.75) is 24.9 Å². The quantitative estimate of drug-likeness (QED) is 0.333. The van der Waals surface area contributed by atoms with Crippen LogP contribution in [-0.4, -0.2) is 57.6 Å². The Morgan fingerprint density at radius 2 is 1.43 bits per heavy atom. The maximum atomic E-state index is 10.0. The Balaban J connectivity index is 4.33. The van der Waals surface area contributed by atoms with E-state index in [2.05, 4.69) is 0 Å². The summed E-state index contributed by atoms with van der Waals surface area (Å²) in [7, 11) is 0. The normalized spacial score (nSPS) is 15.9. The van der Waals surface area contributed by atoms with Gasteiger partial charge in [0.05, 0.1) is 18.8 Å². The lowest BCUT2D eigenvalue weighted by Gasteiger charge is -2.33. The van der Waals surface area contributed by atoms with E-state index in [4.69, 9.17) is 20.4 Å². The highest BCUT2D eigenvalue weighted by atomic mass is 16.3. The van der Waals surface area contributed by atoms with Crippen LogP contribution in [-0.2, 0) is 0 Å². The van der Waals surface area contributed by atoms with Gasteiger partial charge < -0.3 is 25.5 Å². The third-order valence-corrected chi connectivity index (χ3v) is 2.51. The minimum absolute atomic E-state index is 0.0582. The highest BCUT2D eigenvalue weighted by Crippen LogP contribution is 2.26. The van der Waals surface area contributed by atoms with Gasteiger partial charge in [-0.15, -0.1) is 0 Å². The van der Waals surface area contributed by atoms with E-state index in [-0.39, 0.29) is 39.3 Å². The van der Waals surface area contributed by atoms with E-state index in [0.29, 0.717) is 6.42 Å². The Morgan fingerprint density at radius 1 is 0.857 bits per heavy atom. The molecule has 0 aromatic rings. The molecule has 0 aliphatic rings. The Kier molecular flexibility index (Phi) is 7.04. The van der Waals surface area contributed by atoms with E-state index in [9.17, 15) is 5.11 Å². The first-order valence-corrected chi connectivity index (χ1v) is 4.80. The van der Waals surface area contributed by atoms with Crippen LogP contribution in [0.15, 0.2) is 0 Å². The van der Waals surface area contributed by atoms with Crippen molar-refractivity contribution in [2.75, 3.05) is 26.4 Å². The molecule has 5 N–H and O–H groups in total. The summed E-state index contributed by atoms with van der Waals surface area (Å²) in [6.45, 7) is -0.938. The molecule has 1 unspecified atom stereocenters. The predicted molar refractivity (Wildman–Crippen MR) is 50.6 cm³/mol. The second-order valence-corrected chi connectivity index (χ2v) is 3.47. The first-order chi connectivity index (χ1) is 6.64. The molecular weight excluding hydrogens is 188 g/mol. The molecule has 0 aliphatic carbocycles. The molecule has 0 aliphatic heterocycles. The van der Waals surface area contributed by atoms with Crippen molar-refractivity contribution in [1.82, 2.24) is 0 Å². The van der Waals surface area contributed by atoms with Crippen LogP contribution in [0.3, 0.4) is 0 Å². The van der Waals surface area contributed by atoms with Crippen molar-refractivity contribution >= 4 is 0 Å². The summed E-state index contributed by atoms with van der Waals surface area (Å²) in [6.07, 6.45) is 0.738. The molecule has 0 radical (unpaired) electrons. The molecule has 5 heteroatoms. The average Bonchev–Trinajstić information content (AvgIpc) is 2.17. The van der Waals surface area contributed by atoms with Crippen LogP contribution in [0.4, 0.5) is 0 Å². The van der Waals surface area contributed by atoms with Crippen molar-refractivity contribution in [1.29, 1.82) is 0 Å². The molecule has 0 aromatic heterocycles. The minimum Gasteiger partial charge on any atom is -0.396 e. The highest BCUT2D eigenvalue weighted by molar-refractivity contribution is 4.85. The van der Waals surface area contributed by atoms with Gasteiger partial charge in [0.2, 0.25) is 0 Å². The summed E-state index contributed by atoms with van der Waals surface area (Å²) in [5.74, 6) is -0.666. The molecule has 0 saturated heterocycles. The van der Waals surface area contributed by atoms with Crippen LogP contribution in [0, 0.1) is 5.92 Å². The maximum Gasteiger partial charge on any atom is 0.0742 e. The van der Waals surface area contributed by atoms with Gasteiger partial charge in [0.25, 0.3) is 0 Å². The molecule has 0 rings (SSSR count). The van der Waals surface area contributed by atoms with Crippen LogP contribution >= 0.6 is 0 Å². The molecule has 1 atom stereocenters. The number of rotatable bonds is 8. The van der Waals surface area contributed by atoms with Gasteiger partial charge in [0, 0.05) is 19.1 Å². The lowest BCUT2D eigenvalue weighted by molar-refractivity contribution is -0.0813. The summed E-state index contributed by atoms with van der Waals surface area (Å²) < 4.78 is 0. The van der Waals surface area contributed by atoms with Crippen molar-refractivity contribution in [3.63, 3.8) is 0 Å². The standard InChI is InChI=1S/C9H20O5/c10-4-1-2-9(14,3-5-11)8(6-12)7-13/h8,10-14H,1-7H2. The van der Waals surface area contributed by atoms with E-state index in [1.807, 2.05) is 0 Å². The molecule has 0 aromatic carbocycles. The van der Waals surface area contributed by atoms with Gasteiger partial charge in [-0.1, -0.05) is 0 Å². The summed E-state index contributed by atoms with van der Waals surface area (Å²) in [4.78, 5) is 0. The SMILES string of the molecule is OCCCC(O)(CCO)C(CO)CO. The summed E-state index contributed by atoms with van der Waals surface area (Å²) in [5.41, 5.74) is -1.29. The second-order valence-electron chi connectivity index (χ2n) is 3.47. The molecule has 0 heterocycles. The zero-order valence-corrected chi connectivity index (χ0v) is 8.26. The zero-order chi connectivity index (χ0) is 11.0. The molecule has 5 nitrogen and oxygen atoms in total. The van der Waals surface area contributed by atoms with Gasteiger partial charge in [0.1, 0.15) is 0 Å². The van der Waals surface area contributed by atoms with E-state index in [0.717, 1.165) is 0 Å². The molecule has 14 heavy (non-hydrogen) atoms. The number of hydrogen-bond donors (Lipinski definition) is 5. The fraction of sp³-hybridized carbons (Fsp3) is 1.00. The van der Waals surface area contributed by atoms with Gasteiger partial charge in [-0.2, -0.15) is 0 Å². The monoisotopic (exact) mass is 208 g/mol. The van der Waals surface area contributed by atoms with Crippen molar-refractivity contribution in [3.8, 4) is 0 Å². The van der Waals surface area contributed by atoms with E-state index < -0.39 is 11.5 Å². The lowest BCUT2D eigenvalue weighted by Crippen LogP contribution is -2.43. The zero-order valence-electron chi connectivity index (χ0n) is 8.26. The number of hydrogen-bond acceptors (Lipinski definition) is 5. The predicted octanol–water partition coefficient (Wildman–Crippen LogP) is -1.53. The second kappa shape index (κ2) is 7.14. The molecule has 0 bridgehead atoms. The Labute approximate surface area is 83.6 Å². The summed E-state index contributed by atoms with van der Waals surface area (Å²) >= 11 is 0. The first kappa shape index (κ1) is 13.8. The van der Waals surface area contributed by atoms with Gasteiger partial charge in [-0.05, 0) is 19.3 Å². The van der Waals surface area contributed by atoms with Gasteiger partial charge in [0.15, 0.2) is 0 Å². The largest absolute Gasteiger partial charge is 0.396 e. The molecule has 0 fully saturated rings. The minimum atomic E-state index is -1.29. The summed E-state index contributed by atoms with van der Waals surface area (Å²) in [6, 6.07) is 0. The number of aliphatic hydroxyl groups excluding tert-OH is 4. The van der Waals surface area contributed by atoms with Crippen LogP contribution in [0.1, 0.15) is 19.3 Å². The molecule has 0 saturated carbocycles. The van der Waals surface area contributed by atoms with Gasteiger partial charge >= 0.3 is 0 Å². The Bertz CT molecular complexity index is 137. The third-order valence-electron chi connectivity index (χ3n) is 2.51. The third kappa shape index (κ3) is 3.89. The highest BCUT2D eigenvalue weighted by Gasteiger charge is 2.34. The maximum absolute atomic E-state index is 10.0. The molecule has 0 amide bonds. The average molecular weight is 208 g/mol. The molecule has 86 valence electrons. The molecule has 0 spiro atoms. The van der Waals surface area contributed by atoms with Crippen LogP contribution in [0.25, 0.3) is 0 Å². The van der Waals surface area contributed by atoms with E-state index in [1.54, 1.807) is 0 Å². The van der Waals surface area contributed by atoms with Gasteiger partial charge in [-0.3, -0.25) is 0 Å². The molecular formula is C9H20O5. The van der Waals surface area contributed by atoms with E-state index in [1.165, 1.54) is 0 Å². The van der Waals surface area contributed by atoms with Crippen molar-refractivity contribution in [2.24, 2.45) is 5.92 Å². The fourth-order valence-corrected chi connectivity index (χ4v) is 1.51.